The van der Waals surface area contributed by atoms with Gasteiger partial charge in [-0.25, -0.2) is 8.42 Å². The number of nitrogens with one attached hydrogen (secondary N) is 2. The van der Waals surface area contributed by atoms with Gasteiger partial charge in [-0.1, -0.05) is 24.3 Å². The average molecular weight is 890 g/mol. The number of fused-ring (bicyclic) bond motifs is 2. The highest BCUT2D eigenvalue weighted by Crippen LogP contribution is 2.41. The van der Waals surface area contributed by atoms with Crippen molar-refractivity contribution in [2.75, 3.05) is 57.6 Å². The summed E-state index contributed by atoms with van der Waals surface area (Å²) in [6.45, 7) is 8.29. The Balaban J connectivity index is 0.787. The maximum Gasteiger partial charge on any atom is 0.255 e. The summed E-state index contributed by atoms with van der Waals surface area (Å²) in [7, 11) is -3.35. The van der Waals surface area contributed by atoms with E-state index in [1.165, 1.54) is 11.2 Å². The van der Waals surface area contributed by atoms with E-state index in [9.17, 15) is 32.7 Å². The van der Waals surface area contributed by atoms with Crippen LogP contribution >= 0.6 is 0 Å². The molecule has 1 unspecified atom stereocenters. The second kappa shape index (κ2) is 18.8. The first-order valence-corrected chi connectivity index (χ1v) is 23.2. The number of carbonyl (C=O) groups excluding carboxylic acids is 4. The molecule has 3 heterocycles. The Morgan fingerprint density at radius 2 is 1.55 bits per heavy atom. The molecule has 8 rings (SSSR count). The summed E-state index contributed by atoms with van der Waals surface area (Å²) < 4.78 is 42.6. The molecule has 5 aromatic carbocycles. The van der Waals surface area contributed by atoms with Crippen LogP contribution in [0.4, 0.5) is 5.69 Å². The summed E-state index contributed by atoms with van der Waals surface area (Å²) in [6.07, 6.45) is 1.60. The van der Waals surface area contributed by atoms with Crippen LogP contribution in [0.15, 0.2) is 102 Å². The SMILES string of the molecule is C[C@H]1CN(CCOc2ccc(Oc3c(-c4ccc(S(C)(=O)=O)cc4)ccc4cc(O)ccc34)cc2)[C@@H](C)CN1CCOCC(=O)Nc1cccc2c1CN(C1CCC(=O)NC1=O)C2=O. The number of benzene rings is 5. The van der Waals surface area contributed by atoms with Gasteiger partial charge in [-0.2, -0.15) is 0 Å². The molecule has 5 aromatic rings. The zero-order chi connectivity index (χ0) is 45.1. The van der Waals surface area contributed by atoms with Crippen molar-refractivity contribution < 1.29 is 46.9 Å². The molecule has 64 heavy (non-hydrogen) atoms. The van der Waals surface area contributed by atoms with Crippen molar-refractivity contribution in [1.29, 1.82) is 0 Å². The van der Waals surface area contributed by atoms with Gasteiger partial charge in [0.05, 0.1) is 11.5 Å². The zero-order valence-electron chi connectivity index (χ0n) is 35.9. The van der Waals surface area contributed by atoms with E-state index in [0.717, 1.165) is 41.5 Å². The normalized spacial score (nSPS) is 19.4. The predicted molar refractivity (Wildman–Crippen MR) is 240 cm³/mol. The predicted octanol–water partition coefficient (Wildman–Crippen LogP) is 5.60. The number of anilines is 1. The second-order valence-electron chi connectivity index (χ2n) is 16.6. The molecule has 0 spiro atoms. The molecular weight excluding hydrogens is 839 g/mol. The second-order valence-corrected chi connectivity index (χ2v) is 18.6. The number of piperidine rings is 1. The van der Waals surface area contributed by atoms with Crippen LogP contribution in [0.1, 0.15) is 42.6 Å². The van der Waals surface area contributed by atoms with Gasteiger partial charge in [-0.15, -0.1) is 0 Å². The maximum atomic E-state index is 13.2. The summed E-state index contributed by atoms with van der Waals surface area (Å²) >= 11 is 0. The van der Waals surface area contributed by atoms with E-state index in [1.54, 1.807) is 60.7 Å². The van der Waals surface area contributed by atoms with E-state index < -0.39 is 21.8 Å². The summed E-state index contributed by atoms with van der Waals surface area (Å²) in [5.74, 6) is 0.521. The highest BCUT2D eigenvalue weighted by Gasteiger charge is 2.40. The number of phenolic OH excluding ortho intramolecular Hbond substituents is 1. The fourth-order valence-corrected chi connectivity index (χ4v) is 9.27. The van der Waals surface area contributed by atoms with Crippen LogP contribution in [0, 0.1) is 0 Å². The molecule has 0 bridgehead atoms. The summed E-state index contributed by atoms with van der Waals surface area (Å²) in [6, 6.07) is 27.8. The molecule has 0 saturated carbocycles. The third-order valence-corrected chi connectivity index (χ3v) is 13.2. The van der Waals surface area contributed by atoms with Gasteiger partial charge in [0, 0.05) is 85.2 Å². The number of aromatic hydroxyl groups is 1. The molecule has 2 fully saturated rings. The zero-order valence-corrected chi connectivity index (χ0v) is 36.7. The number of carbonyl (C=O) groups is 4. The Kier molecular flexibility index (Phi) is 13.0. The largest absolute Gasteiger partial charge is 0.508 e. The Hall–Kier alpha value is -6.33. The summed E-state index contributed by atoms with van der Waals surface area (Å²) in [4.78, 5) is 56.6. The molecule has 3 aliphatic heterocycles. The Labute approximate surface area is 371 Å². The molecule has 3 atom stereocenters. The van der Waals surface area contributed by atoms with E-state index in [4.69, 9.17) is 14.2 Å². The Bertz CT molecular complexity index is 2690. The smallest absolute Gasteiger partial charge is 0.255 e. The van der Waals surface area contributed by atoms with Crippen molar-refractivity contribution in [3.05, 3.63) is 108 Å². The number of nitrogens with zero attached hydrogens (tertiary/aromatic N) is 3. The number of ether oxygens (including phenoxy) is 3. The molecule has 0 aromatic heterocycles. The third kappa shape index (κ3) is 9.90. The lowest BCUT2D eigenvalue weighted by atomic mass is 9.99. The van der Waals surface area contributed by atoms with E-state index >= 15 is 0 Å². The van der Waals surface area contributed by atoms with E-state index in [1.807, 2.05) is 36.4 Å². The van der Waals surface area contributed by atoms with Crippen LogP contribution in [-0.2, 0) is 35.5 Å². The Morgan fingerprint density at radius 3 is 2.25 bits per heavy atom. The minimum absolute atomic E-state index is 0.138. The third-order valence-electron chi connectivity index (χ3n) is 12.1. The lowest BCUT2D eigenvalue weighted by Crippen LogP contribution is -2.57. The molecule has 0 aliphatic carbocycles. The van der Waals surface area contributed by atoms with Crippen molar-refractivity contribution in [1.82, 2.24) is 20.0 Å². The van der Waals surface area contributed by atoms with Gasteiger partial charge < -0.3 is 29.5 Å². The van der Waals surface area contributed by atoms with Crippen molar-refractivity contribution in [3.63, 3.8) is 0 Å². The molecule has 3 N–H and O–H groups in total. The molecule has 0 radical (unpaired) electrons. The number of hydrogen-bond acceptors (Lipinski definition) is 12. The fourth-order valence-electron chi connectivity index (χ4n) is 8.64. The molecule has 16 heteroatoms. The number of sulfone groups is 1. The molecular formula is C48H51N5O10S. The first-order valence-electron chi connectivity index (χ1n) is 21.3. The first kappa shape index (κ1) is 44.3. The van der Waals surface area contributed by atoms with Crippen molar-refractivity contribution in [2.24, 2.45) is 0 Å². The summed E-state index contributed by atoms with van der Waals surface area (Å²) in [5, 5.41) is 16.9. The highest BCUT2D eigenvalue weighted by atomic mass is 32.2. The maximum absolute atomic E-state index is 13.2. The van der Waals surface area contributed by atoms with Gasteiger partial charge in [-0.05, 0) is 104 Å². The van der Waals surface area contributed by atoms with Gasteiger partial charge in [0.2, 0.25) is 17.7 Å². The highest BCUT2D eigenvalue weighted by molar-refractivity contribution is 7.90. The molecule has 3 aliphatic rings. The molecule has 2 saturated heterocycles. The van der Waals surface area contributed by atoms with Crippen molar-refractivity contribution >= 4 is 49.9 Å². The van der Waals surface area contributed by atoms with Crippen molar-refractivity contribution in [3.8, 4) is 34.1 Å². The van der Waals surface area contributed by atoms with Gasteiger partial charge in [0.1, 0.15) is 42.3 Å². The summed E-state index contributed by atoms with van der Waals surface area (Å²) in [5.41, 5.74) is 3.11. The van der Waals surface area contributed by atoms with Crippen LogP contribution in [-0.4, -0.2) is 122 Å². The van der Waals surface area contributed by atoms with E-state index in [0.29, 0.717) is 53.8 Å². The van der Waals surface area contributed by atoms with Gasteiger partial charge in [0.25, 0.3) is 5.91 Å². The quantitative estimate of drug-likeness (QED) is 0.0876. The van der Waals surface area contributed by atoms with Crippen LogP contribution in [0.2, 0.25) is 0 Å². The van der Waals surface area contributed by atoms with Crippen LogP contribution in [0.3, 0.4) is 0 Å². The standard InChI is InChI=1S/C48H51N5O10S/c1-30-27-52(31(2)26-51(30)21-23-61-29-45(56)49-42-6-4-5-40-41(42)28-53(48(40)58)43-19-20-44(55)50-47(43)57)22-24-62-35-11-13-36(14-12-35)63-46-38(17-9-33-25-34(54)10-18-39(33)46)32-7-15-37(16-8-32)64(3,59)60/h4-18,25,30-31,43,54H,19-24,26-29H2,1-3H3,(H,49,56)(H,50,55,57)/t30-,31-,43?/m0/s1. The number of rotatable bonds is 15. The lowest BCUT2D eigenvalue weighted by Gasteiger charge is -2.44. The van der Waals surface area contributed by atoms with Crippen molar-refractivity contribution in [2.45, 2.75) is 56.3 Å². The average Bonchev–Trinajstić information content (AvgIpc) is 3.60. The molecule has 4 amide bonds. The van der Waals surface area contributed by atoms with Crippen LogP contribution in [0.25, 0.3) is 21.9 Å². The van der Waals surface area contributed by atoms with Gasteiger partial charge >= 0.3 is 0 Å². The van der Waals surface area contributed by atoms with Crippen LogP contribution in [0.5, 0.6) is 23.0 Å². The monoisotopic (exact) mass is 889 g/mol. The topological polar surface area (TPSA) is 184 Å². The Morgan fingerprint density at radius 1 is 0.844 bits per heavy atom. The number of imide groups is 1. The lowest BCUT2D eigenvalue weighted by molar-refractivity contribution is -0.137. The fraction of sp³-hybridized carbons (Fsp3) is 0.333. The minimum Gasteiger partial charge on any atom is -0.508 e. The van der Waals surface area contributed by atoms with E-state index in [-0.39, 0.29) is 66.4 Å². The number of piperazine rings is 1. The van der Waals surface area contributed by atoms with Crippen LogP contribution < -0.4 is 20.1 Å². The van der Waals surface area contributed by atoms with Gasteiger partial charge in [0.15, 0.2) is 9.84 Å². The minimum atomic E-state index is -3.35. The number of amides is 4. The van der Waals surface area contributed by atoms with Gasteiger partial charge in [-0.3, -0.25) is 34.3 Å². The number of phenols is 1. The first-order chi connectivity index (χ1) is 30.7. The molecule has 334 valence electrons. The molecule has 15 nitrogen and oxygen atoms in total. The number of hydrogen-bond donors (Lipinski definition) is 3. The van der Waals surface area contributed by atoms with E-state index in [2.05, 4.69) is 34.3 Å².